The van der Waals surface area contributed by atoms with Crippen LogP contribution in [-0.4, -0.2) is 26.8 Å². The van der Waals surface area contributed by atoms with Crippen molar-refractivity contribution in [3.05, 3.63) is 33.7 Å². The van der Waals surface area contributed by atoms with E-state index in [0.29, 0.717) is 0 Å². The van der Waals surface area contributed by atoms with E-state index < -0.39 is 56.4 Å². The molecule has 0 amide bonds. The maximum absolute atomic E-state index is 13.1. The zero-order valence-electron chi connectivity index (χ0n) is 14.9. The van der Waals surface area contributed by atoms with Crippen molar-refractivity contribution < 1.29 is 42.1 Å². The van der Waals surface area contributed by atoms with Gasteiger partial charge < -0.3 is 4.74 Å². The summed E-state index contributed by atoms with van der Waals surface area (Å²) in [4.78, 5) is 12.5. The quantitative estimate of drug-likeness (QED) is 0.170. The van der Waals surface area contributed by atoms with Gasteiger partial charge in [-0.25, -0.2) is 14.5 Å². The first-order chi connectivity index (χ1) is 13.3. The van der Waals surface area contributed by atoms with Crippen molar-refractivity contribution in [1.82, 2.24) is 14.8 Å². The summed E-state index contributed by atoms with van der Waals surface area (Å²) < 4.78 is 110. The van der Waals surface area contributed by atoms with E-state index in [4.69, 9.17) is 4.74 Å². The molecule has 0 aliphatic heterocycles. The van der Waals surface area contributed by atoms with E-state index in [-0.39, 0.29) is 15.7 Å². The fourth-order valence-corrected chi connectivity index (χ4v) is 3.13. The molecule has 1 heterocycles. The minimum absolute atomic E-state index is 0.0329. The molecule has 0 spiro atoms. The van der Waals surface area contributed by atoms with Gasteiger partial charge in [0.25, 0.3) is 0 Å². The van der Waals surface area contributed by atoms with Gasteiger partial charge in [0.2, 0.25) is 0 Å². The molecule has 0 aliphatic carbocycles. The zero-order valence-corrected chi connectivity index (χ0v) is 17.9. The summed E-state index contributed by atoms with van der Waals surface area (Å²) in [5.41, 5.74) is -2.87. The average molecular weight is 577 g/mol. The highest BCUT2D eigenvalue weighted by atomic mass is 127. The van der Waals surface area contributed by atoms with E-state index in [0.717, 1.165) is 17.2 Å². The molecule has 0 saturated carbocycles. The third kappa shape index (κ3) is 6.29. The Morgan fingerprint density at radius 1 is 1.17 bits per heavy atom. The molecule has 168 valence electrons. The van der Waals surface area contributed by atoms with Crippen LogP contribution in [-0.2, 0) is 15.7 Å². The van der Waals surface area contributed by atoms with E-state index in [1.54, 1.807) is 36.4 Å². The number of hydrogen-bond donors (Lipinski definition) is 0. The number of rotatable bonds is 5. The molecule has 0 atom stereocenters. The minimum atomic E-state index is -10.4. The first kappa shape index (κ1) is 24.4. The molecule has 15 heteroatoms. The Morgan fingerprint density at radius 3 is 2.27 bits per heavy atom. The van der Waals surface area contributed by atoms with Gasteiger partial charge in [-0.3, -0.25) is 0 Å². The Bertz CT molecular complexity index is 1020. The number of ether oxygens (including phenoxy) is 1. The fraction of sp³-hybridized carbons (Fsp3) is 0.267. The number of aromatic nitrogens is 3. The van der Waals surface area contributed by atoms with E-state index in [1.807, 2.05) is 0 Å². The third-order valence-corrected chi connectivity index (χ3v) is 5.07. The molecular formula is C15H12F8IN3O2S. The van der Waals surface area contributed by atoms with E-state index in [9.17, 15) is 37.4 Å². The summed E-state index contributed by atoms with van der Waals surface area (Å²) in [7, 11) is -10.4. The van der Waals surface area contributed by atoms with Crippen LogP contribution in [0.4, 0.5) is 32.6 Å². The molecule has 0 aliphatic rings. The monoisotopic (exact) mass is 577 g/mol. The van der Waals surface area contributed by atoms with Crippen molar-refractivity contribution in [2.75, 3.05) is 0 Å². The number of nitrogens with zero attached hydrogens (tertiary/aromatic N) is 3. The molecule has 0 radical (unpaired) electrons. The number of benzene rings is 1. The topological polar surface area (TPSA) is 57.0 Å². The highest BCUT2D eigenvalue weighted by Gasteiger charge is 2.66. The van der Waals surface area contributed by atoms with Crippen molar-refractivity contribution >= 4 is 45.0 Å². The SMILES string of the molecule is CC(C)OC(=O)/C(I)=C/n1cnc(-c2cc(C(F)(F)F)cc(S(F)(F)(F)(F)F)c2)n1. The molecule has 5 nitrogen and oxygen atoms in total. The zero-order chi connectivity index (χ0) is 23.2. The Morgan fingerprint density at radius 2 is 1.77 bits per heavy atom. The molecular weight excluding hydrogens is 565 g/mol. The smallest absolute Gasteiger partial charge is 0.416 e. The summed E-state index contributed by atoms with van der Waals surface area (Å²) in [5, 5.41) is 3.62. The number of carbonyl (C=O) groups is 1. The normalized spacial score (nSPS) is 15.7. The lowest BCUT2D eigenvalue weighted by Gasteiger charge is -2.40. The lowest BCUT2D eigenvalue weighted by Crippen LogP contribution is -2.11. The van der Waals surface area contributed by atoms with Gasteiger partial charge in [0.15, 0.2) is 5.82 Å². The molecule has 1 aromatic carbocycles. The number of carbonyl (C=O) groups excluding carboxylic acids is 1. The molecule has 2 aromatic rings. The summed E-state index contributed by atoms with van der Waals surface area (Å²) in [5.74, 6) is -1.45. The largest absolute Gasteiger partial charge is 0.459 e. The Hall–Kier alpha value is -1.91. The minimum Gasteiger partial charge on any atom is -0.459 e. The predicted octanol–water partition coefficient (Wildman–Crippen LogP) is 6.81. The number of halogens is 9. The van der Waals surface area contributed by atoms with Crippen LogP contribution in [0.25, 0.3) is 17.6 Å². The second-order valence-corrected chi connectivity index (χ2v) is 9.76. The highest BCUT2D eigenvalue weighted by Crippen LogP contribution is 3.02. The second kappa shape index (κ2) is 7.06. The molecule has 1 aromatic heterocycles. The summed E-state index contributed by atoms with van der Waals surface area (Å²) in [6.07, 6.45) is -3.86. The van der Waals surface area contributed by atoms with Gasteiger partial charge in [-0.1, -0.05) is 19.4 Å². The first-order valence-corrected chi connectivity index (χ1v) is 10.8. The molecule has 0 N–H and O–H groups in total. The molecule has 2 rings (SSSR count). The Balaban J connectivity index is 2.55. The van der Waals surface area contributed by atoms with Crippen LogP contribution < -0.4 is 0 Å². The van der Waals surface area contributed by atoms with E-state index in [1.165, 1.54) is 0 Å². The first-order valence-electron chi connectivity index (χ1n) is 7.72. The second-order valence-electron chi connectivity index (χ2n) is 6.19. The van der Waals surface area contributed by atoms with Gasteiger partial charge in [-0.15, -0.1) is 5.10 Å². The van der Waals surface area contributed by atoms with Crippen LogP contribution in [0.3, 0.4) is 0 Å². The standard InChI is InChI=1S/C15H12F8IN3O2S/c1-8(2)29-14(28)12(24)6-27-7-25-13(26-27)9-3-10(15(16,17)18)5-11(4-9)30(19,20,21,22)23/h3-8H,1-2H3/b12-6-. The predicted molar refractivity (Wildman–Crippen MR) is 101 cm³/mol. The van der Waals surface area contributed by atoms with Crippen molar-refractivity contribution in [3.63, 3.8) is 0 Å². The Kier molecular flexibility index (Phi) is 5.74. The van der Waals surface area contributed by atoms with Crippen LogP contribution >= 0.6 is 32.8 Å². The number of alkyl halides is 3. The summed E-state index contributed by atoms with van der Waals surface area (Å²) in [6.45, 7) is 3.17. The summed E-state index contributed by atoms with van der Waals surface area (Å²) >= 11 is 1.57. The van der Waals surface area contributed by atoms with Crippen molar-refractivity contribution in [3.8, 4) is 11.4 Å². The highest BCUT2D eigenvalue weighted by molar-refractivity contribution is 14.1. The molecule has 30 heavy (non-hydrogen) atoms. The number of hydrogen-bond acceptors (Lipinski definition) is 4. The van der Waals surface area contributed by atoms with Crippen molar-refractivity contribution in [1.29, 1.82) is 0 Å². The number of esters is 1. The van der Waals surface area contributed by atoms with E-state index >= 15 is 0 Å². The van der Waals surface area contributed by atoms with Crippen LogP contribution in [0.5, 0.6) is 0 Å². The molecule has 0 fully saturated rings. The van der Waals surface area contributed by atoms with Gasteiger partial charge in [-0.2, -0.15) is 13.2 Å². The van der Waals surface area contributed by atoms with Crippen LogP contribution in [0.2, 0.25) is 0 Å². The molecule has 0 bridgehead atoms. The van der Waals surface area contributed by atoms with E-state index in [2.05, 4.69) is 10.1 Å². The van der Waals surface area contributed by atoms with Gasteiger partial charge in [0, 0.05) is 5.56 Å². The van der Waals surface area contributed by atoms with Gasteiger partial charge in [0.05, 0.1) is 17.9 Å². The van der Waals surface area contributed by atoms with Gasteiger partial charge in [0.1, 0.15) is 14.8 Å². The van der Waals surface area contributed by atoms with Gasteiger partial charge >= 0.3 is 22.4 Å². The molecule has 0 unspecified atom stereocenters. The van der Waals surface area contributed by atoms with Crippen LogP contribution in [0.15, 0.2) is 33.0 Å². The maximum Gasteiger partial charge on any atom is 0.416 e. The van der Waals surface area contributed by atoms with Crippen LogP contribution in [0, 0.1) is 0 Å². The van der Waals surface area contributed by atoms with Crippen molar-refractivity contribution in [2.24, 2.45) is 0 Å². The maximum atomic E-state index is 13.1. The lowest BCUT2D eigenvalue weighted by molar-refractivity contribution is -0.141. The van der Waals surface area contributed by atoms with Crippen LogP contribution in [0.1, 0.15) is 19.4 Å². The Labute approximate surface area is 178 Å². The third-order valence-electron chi connectivity index (χ3n) is 3.23. The van der Waals surface area contributed by atoms with Gasteiger partial charge in [-0.05, 0) is 54.6 Å². The fourth-order valence-electron chi connectivity index (χ4n) is 2.02. The average Bonchev–Trinajstić information content (AvgIpc) is 2.99. The van der Waals surface area contributed by atoms with Crippen molar-refractivity contribution in [2.45, 2.75) is 31.0 Å². The lowest BCUT2D eigenvalue weighted by atomic mass is 10.1. The summed E-state index contributed by atoms with van der Waals surface area (Å²) in [6, 6.07) is -0.598. The molecule has 0 saturated heterocycles.